The quantitative estimate of drug-likeness (QED) is 0.619. The summed E-state index contributed by atoms with van der Waals surface area (Å²) in [6.45, 7) is 0. The zero-order chi connectivity index (χ0) is 14.0. The third-order valence-corrected chi connectivity index (χ3v) is 3.20. The van der Waals surface area contributed by atoms with Crippen molar-refractivity contribution >= 4 is 18.2 Å². The van der Waals surface area contributed by atoms with Crippen LogP contribution in [0.4, 0.5) is 0 Å². The fourth-order valence-electron chi connectivity index (χ4n) is 1.69. The van der Waals surface area contributed by atoms with E-state index in [1.54, 1.807) is 4.57 Å². The van der Waals surface area contributed by atoms with E-state index in [2.05, 4.69) is 4.74 Å². The summed E-state index contributed by atoms with van der Waals surface area (Å²) in [6.07, 6.45) is 1.41. The predicted molar refractivity (Wildman–Crippen MR) is 73.2 cm³/mol. The lowest BCUT2D eigenvalue weighted by Crippen LogP contribution is -2.28. The Balaban J connectivity index is 2.77. The lowest BCUT2D eigenvalue weighted by Gasteiger charge is -2.11. The van der Waals surface area contributed by atoms with Crippen LogP contribution in [0.2, 0.25) is 0 Å². The van der Waals surface area contributed by atoms with E-state index < -0.39 is 11.5 Å². The number of nitrogens with zero attached hydrogens (tertiary/aromatic N) is 2. The van der Waals surface area contributed by atoms with Crippen molar-refractivity contribution in [1.29, 1.82) is 0 Å². The van der Waals surface area contributed by atoms with E-state index in [0.29, 0.717) is 4.77 Å². The van der Waals surface area contributed by atoms with E-state index in [1.807, 2.05) is 30.3 Å². The van der Waals surface area contributed by atoms with Crippen molar-refractivity contribution < 1.29 is 9.53 Å². The van der Waals surface area contributed by atoms with Gasteiger partial charge in [-0.3, -0.25) is 13.9 Å². The number of hydrogen-bond acceptors (Lipinski definition) is 4. The van der Waals surface area contributed by atoms with Crippen LogP contribution in [0.5, 0.6) is 0 Å². The number of ether oxygens (including phenoxy) is 1. The molecule has 0 aliphatic carbocycles. The number of carbonyl (C=O) groups excluding carboxylic acids is 1. The molecule has 0 spiro atoms. The molecule has 0 fully saturated rings. The molecule has 19 heavy (non-hydrogen) atoms. The third-order valence-electron chi connectivity index (χ3n) is 2.73. The van der Waals surface area contributed by atoms with Gasteiger partial charge in [-0.25, -0.2) is 4.79 Å². The second-order valence-electron chi connectivity index (χ2n) is 3.89. The Bertz CT molecular complexity index is 732. The van der Waals surface area contributed by atoms with E-state index in [4.69, 9.17) is 12.2 Å². The molecule has 0 saturated carbocycles. The van der Waals surface area contributed by atoms with Crippen molar-refractivity contribution in [2.24, 2.45) is 7.05 Å². The lowest BCUT2D eigenvalue weighted by atomic mass is 10.3. The molecule has 0 atom stereocenters. The molecular formula is C13H12N2O3S. The summed E-state index contributed by atoms with van der Waals surface area (Å²) in [7, 11) is 2.76. The van der Waals surface area contributed by atoms with Crippen LogP contribution in [0.15, 0.2) is 41.3 Å². The maximum Gasteiger partial charge on any atom is 0.345 e. The molecule has 1 heterocycles. The Morgan fingerprint density at radius 3 is 2.47 bits per heavy atom. The van der Waals surface area contributed by atoms with Crippen LogP contribution in [0.1, 0.15) is 10.4 Å². The number of rotatable bonds is 2. The smallest absolute Gasteiger partial charge is 0.345 e. The summed E-state index contributed by atoms with van der Waals surface area (Å²) in [5, 5.41) is 0. The van der Waals surface area contributed by atoms with Crippen LogP contribution >= 0.6 is 12.2 Å². The van der Waals surface area contributed by atoms with E-state index >= 15 is 0 Å². The van der Waals surface area contributed by atoms with Gasteiger partial charge in [-0.2, -0.15) is 0 Å². The molecule has 2 aromatic rings. The summed E-state index contributed by atoms with van der Waals surface area (Å²) >= 11 is 5.22. The van der Waals surface area contributed by atoms with Gasteiger partial charge in [0.05, 0.1) is 7.11 Å². The first-order valence-electron chi connectivity index (χ1n) is 5.52. The van der Waals surface area contributed by atoms with Gasteiger partial charge in [-0.1, -0.05) is 18.2 Å². The Morgan fingerprint density at radius 1 is 1.26 bits per heavy atom. The summed E-state index contributed by atoms with van der Waals surface area (Å²) in [6, 6.07) is 9.24. The van der Waals surface area contributed by atoms with Gasteiger partial charge in [0.2, 0.25) is 0 Å². The average Bonchev–Trinajstić information content (AvgIpc) is 2.45. The molecule has 0 radical (unpaired) electrons. The molecular weight excluding hydrogens is 264 g/mol. The number of para-hydroxylation sites is 1. The first-order valence-corrected chi connectivity index (χ1v) is 5.93. The minimum absolute atomic E-state index is 0.0533. The highest BCUT2D eigenvalue weighted by Crippen LogP contribution is 2.08. The van der Waals surface area contributed by atoms with E-state index in [-0.39, 0.29) is 5.56 Å². The molecule has 0 aliphatic heterocycles. The fraction of sp³-hybridized carbons (Fsp3) is 0.154. The Kier molecular flexibility index (Phi) is 3.62. The maximum absolute atomic E-state index is 12.0. The molecule has 1 aromatic carbocycles. The SMILES string of the molecule is COC(=O)c1cn(-c2ccccc2)c(=S)n(C)c1=O. The molecule has 0 bridgehead atoms. The van der Waals surface area contributed by atoms with Gasteiger partial charge in [0, 0.05) is 18.9 Å². The number of benzene rings is 1. The van der Waals surface area contributed by atoms with Crippen LogP contribution in [0.25, 0.3) is 5.69 Å². The predicted octanol–water partition coefficient (Wildman–Crippen LogP) is 1.69. The van der Waals surface area contributed by atoms with Crippen molar-refractivity contribution in [3.63, 3.8) is 0 Å². The molecule has 0 N–H and O–H groups in total. The highest BCUT2D eigenvalue weighted by Gasteiger charge is 2.15. The minimum atomic E-state index is -0.680. The summed E-state index contributed by atoms with van der Waals surface area (Å²) < 4.78 is 7.76. The normalized spacial score (nSPS) is 10.2. The monoisotopic (exact) mass is 276 g/mol. The van der Waals surface area contributed by atoms with Gasteiger partial charge in [0.15, 0.2) is 4.77 Å². The van der Waals surface area contributed by atoms with Gasteiger partial charge >= 0.3 is 5.97 Å². The van der Waals surface area contributed by atoms with Crippen molar-refractivity contribution in [1.82, 2.24) is 9.13 Å². The van der Waals surface area contributed by atoms with Crippen LogP contribution < -0.4 is 5.56 Å². The third kappa shape index (κ3) is 2.34. The standard InChI is InChI=1S/C13H12N2O3S/c1-14-11(16)10(12(17)18-2)8-15(13(14)19)9-6-4-3-5-7-9/h3-8H,1-2H3. The number of methoxy groups -OCH3 is 1. The van der Waals surface area contributed by atoms with Gasteiger partial charge in [-0.15, -0.1) is 0 Å². The number of esters is 1. The number of aromatic nitrogens is 2. The summed E-state index contributed by atoms with van der Waals surface area (Å²) in [5.41, 5.74) is 0.250. The van der Waals surface area contributed by atoms with Gasteiger partial charge in [0.1, 0.15) is 5.56 Å². The van der Waals surface area contributed by atoms with Crippen LogP contribution in [-0.2, 0) is 11.8 Å². The van der Waals surface area contributed by atoms with Crippen molar-refractivity contribution in [2.75, 3.05) is 7.11 Å². The molecule has 1 aromatic heterocycles. The molecule has 5 nitrogen and oxygen atoms in total. The van der Waals surface area contributed by atoms with Gasteiger partial charge in [-0.05, 0) is 24.4 Å². The Morgan fingerprint density at radius 2 is 1.89 bits per heavy atom. The molecule has 0 saturated heterocycles. The fourth-order valence-corrected chi connectivity index (χ4v) is 1.93. The van der Waals surface area contributed by atoms with E-state index in [0.717, 1.165) is 5.69 Å². The Labute approximate surface area is 114 Å². The number of carbonyl (C=O) groups is 1. The summed E-state index contributed by atoms with van der Waals surface area (Å²) in [5.74, 6) is -0.680. The molecule has 0 amide bonds. The molecule has 0 aliphatic rings. The summed E-state index contributed by atoms with van der Waals surface area (Å²) in [4.78, 5) is 23.6. The van der Waals surface area contributed by atoms with Crippen molar-refractivity contribution in [3.8, 4) is 5.69 Å². The molecule has 98 valence electrons. The minimum Gasteiger partial charge on any atom is -0.465 e. The Hall–Kier alpha value is -2.21. The van der Waals surface area contributed by atoms with Crippen molar-refractivity contribution in [2.45, 2.75) is 0 Å². The lowest BCUT2D eigenvalue weighted by molar-refractivity contribution is 0.0597. The van der Waals surface area contributed by atoms with Gasteiger partial charge in [0.25, 0.3) is 5.56 Å². The van der Waals surface area contributed by atoms with Crippen LogP contribution in [0.3, 0.4) is 0 Å². The van der Waals surface area contributed by atoms with E-state index in [9.17, 15) is 9.59 Å². The zero-order valence-corrected chi connectivity index (χ0v) is 11.3. The topological polar surface area (TPSA) is 53.2 Å². The first kappa shape index (κ1) is 13.2. The number of hydrogen-bond donors (Lipinski definition) is 0. The van der Waals surface area contributed by atoms with E-state index in [1.165, 1.54) is 24.9 Å². The molecule has 0 unspecified atom stereocenters. The zero-order valence-electron chi connectivity index (χ0n) is 10.5. The van der Waals surface area contributed by atoms with Crippen LogP contribution in [0, 0.1) is 4.77 Å². The highest BCUT2D eigenvalue weighted by atomic mass is 32.1. The second-order valence-corrected chi connectivity index (χ2v) is 4.25. The van der Waals surface area contributed by atoms with Gasteiger partial charge < -0.3 is 4.74 Å². The molecule has 2 rings (SSSR count). The maximum atomic E-state index is 12.0. The van der Waals surface area contributed by atoms with Crippen LogP contribution in [-0.4, -0.2) is 22.2 Å². The largest absolute Gasteiger partial charge is 0.465 e. The first-order chi connectivity index (χ1) is 9.06. The average molecular weight is 276 g/mol. The highest BCUT2D eigenvalue weighted by molar-refractivity contribution is 7.71. The second kappa shape index (κ2) is 5.19. The van der Waals surface area contributed by atoms with Crippen molar-refractivity contribution in [3.05, 3.63) is 57.2 Å². The molecule has 6 heteroatoms.